The van der Waals surface area contributed by atoms with Crippen LogP contribution in [0.5, 0.6) is 0 Å². The molecule has 2 fully saturated rings. The molecule has 25 heavy (non-hydrogen) atoms. The minimum Gasteiger partial charge on any atom is -0.478 e. The smallest absolute Gasteiger partial charge is 0.335 e. The molecule has 3 rings (SSSR count). The normalized spacial score (nSPS) is 19.9. The van der Waals surface area contributed by atoms with Crippen molar-refractivity contribution in [2.75, 3.05) is 19.6 Å². The molecule has 1 saturated heterocycles. The van der Waals surface area contributed by atoms with Crippen LogP contribution in [0.4, 0.5) is 0 Å². The summed E-state index contributed by atoms with van der Waals surface area (Å²) in [5.74, 6) is -0.364. The predicted molar refractivity (Wildman–Crippen MR) is 93.0 cm³/mol. The monoisotopic (exact) mass is 346 g/mol. The van der Waals surface area contributed by atoms with Gasteiger partial charge in [-0.25, -0.2) is 9.80 Å². The molecule has 0 radical (unpaired) electrons. The zero-order chi connectivity index (χ0) is 17.8. The zero-order valence-electron chi connectivity index (χ0n) is 14.4. The van der Waals surface area contributed by atoms with Crippen LogP contribution in [0, 0.1) is 5.92 Å². The van der Waals surface area contributed by atoms with E-state index in [9.17, 15) is 14.7 Å². The van der Waals surface area contributed by atoms with Gasteiger partial charge < -0.3 is 10.2 Å². The van der Waals surface area contributed by atoms with Crippen LogP contribution in [0.3, 0.4) is 0 Å². The van der Waals surface area contributed by atoms with Crippen LogP contribution >= 0.6 is 0 Å². The molecule has 136 valence electrons. The Morgan fingerprint density at radius 3 is 2.52 bits per heavy atom. The van der Waals surface area contributed by atoms with Gasteiger partial charge >= 0.3 is 5.97 Å². The van der Waals surface area contributed by atoms with Crippen molar-refractivity contribution in [3.63, 3.8) is 0 Å². The summed E-state index contributed by atoms with van der Waals surface area (Å²) in [5.41, 5.74) is 1.28. The van der Waals surface area contributed by atoms with Crippen molar-refractivity contribution in [3.8, 4) is 0 Å². The lowest BCUT2D eigenvalue weighted by Crippen LogP contribution is -2.42. The van der Waals surface area contributed by atoms with E-state index in [1.54, 1.807) is 29.3 Å². The lowest BCUT2D eigenvalue weighted by atomic mass is 9.80. The molecule has 0 bridgehead atoms. The first-order chi connectivity index (χ1) is 12.0. The third kappa shape index (κ3) is 4.38. The van der Waals surface area contributed by atoms with Crippen LogP contribution in [0.25, 0.3) is 0 Å². The molecule has 1 aliphatic carbocycles. The average molecular weight is 346 g/mol. The van der Waals surface area contributed by atoms with Gasteiger partial charge in [-0.1, -0.05) is 18.6 Å². The van der Waals surface area contributed by atoms with Crippen LogP contribution in [-0.4, -0.2) is 57.8 Å². The molecule has 0 aromatic heterocycles. The summed E-state index contributed by atoms with van der Waals surface area (Å²) in [6.45, 7) is 2.01. The molecule has 1 unspecified atom stereocenters. The highest BCUT2D eigenvalue weighted by molar-refractivity contribution is 5.87. The summed E-state index contributed by atoms with van der Waals surface area (Å²) in [6.07, 6.45) is 5.13. The third-order valence-electron chi connectivity index (χ3n) is 5.40. The van der Waals surface area contributed by atoms with Gasteiger partial charge in [0.25, 0.3) is 0 Å². The van der Waals surface area contributed by atoms with Crippen LogP contribution in [0.2, 0.25) is 0 Å². The Labute approximate surface area is 148 Å². The molecule has 1 heterocycles. The van der Waals surface area contributed by atoms with Crippen molar-refractivity contribution in [2.24, 2.45) is 5.92 Å². The molecule has 1 aromatic carbocycles. The second kappa shape index (κ2) is 7.97. The number of hydrogen-bond acceptors (Lipinski definition) is 4. The topological polar surface area (TPSA) is 81.1 Å². The van der Waals surface area contributed by atoms with E-state index in [4.69, 9.17) is 5.11 Å². The third-order valence-corrected chi connectivity index (χ3v) is 5.40. The van der Waals surface area contributed by atoms with Gasteiger partial charge in [-0.15, -0.1) is 0 Å². The fourth-order valence-corrected chi connectivity index (χ4v) is 3.52. The molecular formula is C19H26N2O4. The van der Waals surface area contributed by atoms with Crippen LogP contribution in [-0.2, 0) is 11.2 Å². The summed E-state index contributed by atoms with van der Waals surface area (Å²) < 4.78 is 0. The number of nitrogens with zero attached hydrogens (tertiary/aromatic N) is 2. The van der Waals surface area contributed by atoms with E-state index in [-0.39, 0.29) is 17.6 Å². The van der Waals surface area contributed by atoms with Gasteiger partial charge in [0.15, 0.2) is 0 Å². The summed E-state index contributed by atoms with van der Waals surface area (Å²) in [6, 6.07) is 6.79. The summed E-state index contributed by atoms with van der Waals surface area (Å²) in [4.78, 5) is 23.0. The minimum absolute atomic E-state index is 0.125. The van der Waals surface area contributed by atoms with Crippen molar-refractivity contribution in [2.45, 2.75) is 44.6 Å². The highest BCUT2D eigenvalue weighted by atomic mass is 16.4. The molecule has 1 aromatic rings. The van der Waals surface area contributed by atoms with Crippen LogP contribution in [0.15, 0.2) is 24.3 Å². The second-order valence-electron chi connectivity index (χ2n) is 7.02. The largest absolute Gasteiger partial charge is 0.478 e. The van der Waals surface area contributed by atoms with E-state index < -0.39 is 5.97 Å². The number of carbonyl (C=O) groups excluding carboxylic acids is 1. The quantitative estimate of drug-likeness (QED) is 0.752. The predicted octanol–water partition coefficient (Wildman–Crippen LogP) is 1.93. The lowest BCUT2D eigenvalue weighted by Gasteiger charge is -2.33. The molecule has 2 N–H and O–H groups in total. The van der Waals surface area contributed by atoms with E-state index in [1.807, 2.05) is 0 Å². The Hall–Kier alpha value is -1.92. The van der Waals surface area contributed by atoms with E-state index >= 15 is 0 Å². The molecular weight excluding hydrogens is 320 g/mol. The van der Waals surface area contributed by atoms with Crippen molar-refractivity contribution in [3.05, 3.63) is 35.4 Å². The first kappa shape index (κ1) is 17.9. The molecule has 1 aliphatic heterocycles. The number of carboxylic acid groups (broad SMARTS) is 1. The average Bonchev–Trinajstić information content (AvgIpc) is 2.90. The van der Waals surface area contributed by atoms with Gasteiger partial charge in [-0.2, -0.15) is 0 Å². The Kier molecular flexibility index (Phi) is 5.71. The molecule has 2 aliphatic rings. The Bertz CT molecular complexity index is 612. The Balaban J connectivity index is 1.50. The first-order valence-corrected chi connectivity index (χ1v) is 9.10. The van der Waals surface area contributed by atoms with Crippen molar-refractivity contribution in [1.82, 2.24) is 10.0 Å². The van der Waals surface area contributed by atoms with E-state index in [0.29, 0.717) is 44.8 Å². The van der Waals surface area contributed by atoms with Gasteiger partial charge in [-0.3, -0.25) is 9.80 Å². The van der Waals surface area contributed by atoms with Gasteiger partial charge in [0.05, 0.1) is 11.7 Å². The molecule has 1 atom stereocenters. The summed E-state index contributed by atoms with van der Waals surface area (Å²) >= 11 is 0. The number of aliphatic hydroxyl groups is 1. The number of hydrazine groups is 1. The van der Waals surface area contributed by atoms with Crippen molar-refractivity contribution >= 4 is 11.9 Å². The van der Waals surface area contributed by atoms with Gasteiger partial charge in [0, 0.05) is 26.1 Å². The number of rotatable bonds is 8. The number of amides is 1. The van der Waals surface area contributed by atoms with Gasteiger partial charge in [0.2, 0.25) is 5.91 Å². The molecule has 6 nitrogen and oxygen atoms in total. The van der Waals surface area contributed by atoms with Gasteiger partial charge in [0.1, 0.15) is 0 Å². The molecule has 0 spiro atoms. The number of hydrogen-bond donors (Lipinski definition) is 2. The van der Waals surface area contributed by atoms with Crippen molar-refractivity contribution in [1.29, 1.82) is 0 Å². The molecule has 6 heteroatoms. The number of aromatic carboxylic acids is 1. The number of carboxylic acids is 1. The van der Waals surface area contributed by atoms with E-state index in [2.05, 4.69) is 5.01 Å². The fourth-order valence-electron chi connectivity index (χ4n) is 3.52. The van der Waals surface area contributed by atoms with Gasteiger partial charge in [-0.05, 0) is 49.3 Å². The first-order valence-electron chi connectivity index (χ1n) is 9.10. The summed E-state index contributed by atoms with van der Waals surface area (Å²) in [5, 5.41) is 23.0. The zero-order valence-corrected chi connectivity index (χ0v) is 14.4. The maximum absolute atomic E-state index is 12.1. The number of carbonyl (C=O) groups is 2. The van der Waals surface area contributed by atoms with E-state index in [1.165, 1.54) is 6.42 Å². The highest BCUT2D eigenvalue weighted by Gasteiger charge is 2.30. The highest BCUT2D eigenvalue weighted by Crippen LogP contribution is 2.31. The summed E-state index contributed by atoms with van der Waals surface area (Å²) in [7, 11) is 0. The number of aliphatic hydroxyl groups excluding tert-OH is 1. The standard InChI is InChI=1S/C19H26N2O4/c22-17(15-2-1-3-15)9-11-20-12-10-18(23)21(20)13-8-14-4-6-16(7-5-14)19(24)25/h4-7,15,17,22H,1-3,8-13H2,(H,24,25). The minimum atomic E-state index is -0.933. The maximum Gasteiger partial charge on any atom is 0.335 e. The Morgan fingerprint density at radius 1 is 1.20 bits per heavy atom. The lowest BCUT2D eigenvalue weighted by molar-refractivity contribution is -0.138. The van der Waals surface area contributed by atoms with Crippen LogP contribution < -0.4 is 0 Å². The second-order valence-corrected chi connectivity index (χ2v) is 7.02. The molecule has 1 amide bonds. The Morgan fingerprint density at radius 2 is 1.92 bits per heavy atom. The van der Waals surface area contributed by atoms with Crippen LogP contribution in [0.1, 0.15) is 48.0 Å². The van der Waals surface area contributed by atoms with E-state index in [0.717, 1.165) is 18.4 Å². The van der Waals surface area contributed by atoms with Crippen molar-refractivity contribution < 1.29 is 19.8 Å². The molecule has 1 saturated carbocycles. The number of benzene rings is 1. The fraction of sp³-hybridized carbons (Fsp3) is 0.579. The maximum atomic E-state index is 12.1. The SMILES string of the molecule is O=C(O)c1ccc(CCN2C(=O)CCN2CCC(O)C2CCC2)cc1.